The number of amides is 1. The summed E-state index contributed by atoms with van der Waals surface area (Å²) in [5.74, 6) is 0.400. The second-order valence-electron chi connectivity index (χ2n) is 5.10. The average molecular weight is 306 g/mol. The van der Waals surface area contributed by atoms with Crippen molar-refractivity contribution < 1.29 is 9.53 Å². The molecule has 0 fully saturated rings. The van der Waals surface area contributed by atoms with E-state index in [-0.39, 0.29) is 5.91 Å². The van der Waals surface area contributed by atoms with E-state index >= 15 is 0 Å². The van der Waals surface area contributed by atoms with Crippen LogP contribution in [0.1, 0.15) is 17.3 Å². The zero-order valence-corrected chi connectivity index (χ0v) is 13.2. The summed E-state index contributed by atoms with van der Waals surface area (Å²) in [4.78, 5) is 19.3. The van der Waals surface area contributed by atoms with E-state index in [0.29, 0.717) is 17.9 Å². The van der Waals surface area contributed by atoms with Gasteiger partial charge in [-0.15, -0.1) is 0 Å². The number of aromatic nitrogens is 1. The standard InChI is InChI=1S/C19H18N2O2/c1-3-21(14-9-5-4-6-10-14)19(22)18-15-11-7-8-12-16(15)20-13-17(18)23-2/h4-13H,3H2,1-2H3. The molecule has 0 N–H and O–H groups in total. The molecule has 0 aliphatic heterocycles. The molecule has 0 radical (unpaired) electrons. The number of rotatable bonds is 4. The first-order valence-corrected chi connectivity index (χ1v) is 7.55. The number of ether oxygens (including phenoxy) is 1. The third-order valence-electron chi connectivity index (χ3n) is 3.80. The van der Waals surface area contributed by atoms with Gasteiger partial charge in [0.05, 0.1) is 24.4 Å². The lowest BCUT2D eigenvalue weighted by molar-refractivity contribution is 0.0987. The smallest absolute Gasteiger partial charge is 0.262 e. The number of fused-ring (bicyclic) bond motifs is 1. The summed E-state index contributed by atoms with van der Waals surface area (Å²) in [6, 6.07) is 17.2. The molecule has 3 aromatic rings. The Kier molecular flexibility index (Phi) is 4.24. The first-order chi connectivity index (χ1) is 11.3. The number of hydrogen-bond donors (Lipinski definition) is 0. The molecule has 0 saturated carbocycles. The summed E-state index contributed by atoms with van der Waals surface area (Å²) >= 11 is 0. The van der Waals surface area contributed by atoms with Crippen LogP contribution in [-0.4, -0.2) is 24.5 Å². The van der Waals surface area contributed by atoms with Gasteiger partial charge in [0, 0.05) is 17.6 Å². The summed E-state index contributed by atoms with van der Waals surface area (Å²) in [5, 5.41) is 0.797. The number of para-hydroxylation sites is 2. The van der Waals surface area contributed by atoms with Gasteiger partial charge in [0.1, 0.15) is 0 Å². The van der Waals surface area contributed by atoms with Crippen molar-refractivity contribution in [3.05, 3.63) is 66.4 Å². The number of methoxy groups -OCH3 is 1. The second-order valence-corrected chi connectivity index (χ2v) is 5.10. The molecule has 1 heterocycles. The Morgan fingerprint density at radius 1 is 1.09 bits per heavy atom. The Hall–Kier alpha value is -2.88. The molecule has 3 rings (SSSR count). The lowest BCUT2D eigenvalue weighted by Gasteiger charge is -2.22. The van der Waals surface area contributed by atoms with Crippen molar-refractivity contribution >= 4 is 22.5 Å². The molecule has 0 atom stereocenters. The molecular formula is C19H18N2O2. The van der Waals surface area contributed by atoms with E-state index in [4.69, 9.17) is 4.74 Å². The Balaban J connectivity index is 2.16. The lowest BCUT2D eigenvalue weighted by atomic mass is 10.1. The second kappa shape index (κ2) is 6.48. The molecule has 4 heteroatoms. The number of pyridine rings is 1. The number of carbonyl (C=O) groups excluding carboxylic acids is 1. The van der Waals surface area contributed by atoms with E-state index in [2.05, 4.69) is 4.98 Å². The van der Waals surface area contributed by atoms with Crippen LogP contribution < -0.4 is 9.64 Å². The van der Waals surface area contributed by atoms with Crippen molar-refractivity contribution in [3.63, 3.8) is 0 Å². The lowest BCUT2D eigenvalue weighted by Crippen LogP contribution is -2.31. The van der Waals surface area contributed by atoms with E-state index in [1.165, 1.54) is 0 Å². The van der Waals surface area contributed by atoms with Crippen molar-refractivity contribution in [1.82, 2.24) is 4.98 Å². The summed E-state index contributed by atoms with van der Waals surface area (Å²) in [6.45, 7) is 2.53. The van der Waals surface area contributed by atoms with Gasteiger partial charge in [-0.1, -0.05) is 36.4 Å². The van der Waals surface area contributed by atoms with Gasteiger partial charge in [0.15, 0.2) is 5.75 Å². The SMILES string of the molecule is CCN(C(=O)c1c(OC)cnc2ccccc12)c1ccccc1. The molecule has 0 bridgehead atoms. The molecule has 0 unspecified atom stereocenters. The maximum absolute atomic E-state index is 13.2. The predicted octanol–water partition coefficient (Wildman–Crippen LogP) is 3.91. The topological polar surface area (TPSA) is 42.4 Å². The molecule has 116 valence electrons. The number of hydrogen-bond acceptors (Lipinski definition) is 3. The fraction of sp³-hybridized carbons (Fsp3) is 0.158. The fourth-order valence-corrected chi connectivity index (χ4v) is 2.68. The van der Waals surface area contributed by atoms with E-state index in [1.807, 2.05) is 61.5 Å². The highest BCUT2D eigenvalue weighted by atomic mass is 16.5. The monoisotopic (exact) mass is 306 g/mol. The first kappa shape index (κ1) is 15.0. The van der Waals surface area contributed by atoms with Crippen LogP contribution in [0, 0.1) is 0 Å². The van der Waals surface area contributed by atoms with Crippen LogP contribution in [0.15, 0.2) is 60.8 Å². The van der Waals surface area contributed by atoms with E-state index < -0.39 is 0 Å². The minimum Gasteiger partial charge on any atom is -0.494 e. The van der Waals surface area contributed by atoms with E-state index in [1.54, 1.807) is 18.2 Å². The van der Waals surface area contributed by atoms with Gasteiger partial charge in [0.2, 0.25) is 0 Å². The summed E-state index contributed by atoms with van der Waals surface area (Å²) in [5.41, 5.74) is 2.19. The van der Waals surface area contributed by atoms with Crippen LogP contribution in [-0.2, 0) is 0 Å². The van der Waals surface area contributed by atoms with Crippen LogP contribution in [0.3, 0.4) is 0 Å². The Morgan fingerprint density at radius 2 is 1.78 bits per heavy atom. The fourth-order valence-electron chi connectivity index (χ4n) is 2.68. The minimum atomic E-state index is -0.0887. The van der Waals surface area contributed by atoms with Crippen molar-refractivity contribution in [2.75, 3.05) is 18.6 Å². The number of nitrogens with zero attached hydrogens (tertiary/aromatic N) is 2. The zero-order chi connectivity index (χ0) is 16.2. The largest absolute Gasteiger partial charge is 0.494 e. The van der Waals surface area contributed by atoms with Crippen LogP contribution in [0.25, 0.3) is 10.9 Å². The quantitative estimate of drug-likeness (QED) is 0.734. The Morgan fingerprint density at radius 3 is 2.48 bits per heavy atom. The van der Waals surface area contributed by atoms with Gasteiger partial charge in [-0.2, -0.15) is 0 Å². The summed E-state index contributed by atoms with van der Waals surface area (Å²) in [6.07, 6.45) is 1.61. The Labute approximate surface area is 135 Å². The van der Waals surface area contributed by atoms with Crippen LogP contribution >= 0.6 is 0 Å². The van der Waals surface area contributed by atoms with Crippen LogP contribution in [0.5, 0.6) is 5.75 Å². The Bertz CT molecular complexity index is 831. The van der Waals surface area contributed by atoms with Gasteiger partial charge in [0.25, 0.3) is 5.91 Å². The third-order valence-corrected chi connectivity index (χ3v) is 3.80. The highest BCUT2D eigenvalue weighted by molar-refractivity contribution is 6.15. The maximum atomic E-state index is 13.2. The average Bonchev–Trinajstić information content (AvgIpc) is 2.62. The molecule has 0 aliphatic carbocycles. The maximum Gasteiger partial charge on any atom is 0.262 e. The third kappa shape index (κ3) is 2.75. The van der Waals surface area contributed by atoms with Gasteiger partial charge in [-0.25, -0.2) is 0 Å². The predicted molar refractivity (Wildman–Crippen MR) is 92.1 cm³/mol. The van der Waals surface area contributed by atoms with Gasteiger partial charge >= 0.3 is 0 Å². The molecule has 1 aromatic heterocycles. The molecule has 4 nitrogen and oxygen atoms in total. The van der Waals surface area contributed by atoms with E-state index in [0.717, 1.165) is 16.6 Å². The van der Waals surface area contributed by atoms with Crippen molar-refractivity contribution in [1.29, 1.82) is 0 Å². The summed E-state index contributed by atoms with van der Waals surface area (Å²) in [7, 11) is 1.56. The number of anilines is 1. The molecule has 0 spiro atoms. The van der Waals surface area contributed by atoms with Crippen molar-refractivity contribution in [3.8, 4) is 5.75 Å². The van der Waals surface area contributed by atoms with Crippen LogP contribution in [0.4, 0.5) is 5.69 Å². The molecule has 2 aromatic carbocycles. The number of carbonyl (C=O) groups is 1. The molecule has 1 amide bonds. The highest BCUT2D eigenvalue weighted by Crippen LogP contribution is 2.29. The van der Waals surface area contributed by atoms with Crippen molar-refractivity contribution in [2.45, 2.75) is 6.92 Å². The zero-order valence-electron chi connectivity index (χ0n) is 13.2. The van der Waals surface area contributed by atoms with Gasteiger partial charge in [-0.05, 0) is 25.1 Å². The van der Waals surface area contributed by atoms with E-state index in [9.17, 15) is 4.79 Å². The first-order valence-electron chi connectivity index (χ1n) is 7.55. The molecule has 23 heavy (non-hydrogen) atoms. The molecule has 0 saturated heterocycles. The van der Waals surface area contributed by atoms with Gasteiger partial charge in [-0.3, -0.25) is 9.78 Å². The molecular weight excluding hydrogens is 288 g/mol. The van der Waals surface area contributed by atoms with Crippen LogP contribution in [0.2, 0.25) is 0 Å². The van der Waals surface area contributed by atoms with Crippen molar-refractivity contribution in [2.24, 2.45) is 0 Å². The normalized spacial score (nSPS) is 10.5. The molecule has 0 aliphatic rings. The summed E-state index contributed by atoms with van der Waals surface area (Å²) < 4.78 is 5.40. The minimum absolute atomic E-state index is 0.0887. The highest BCUT2D eigenvalue weighted by Gasteiger charge is 2.22. The number of benzene rings is 2. The van der Waals surface area contributed by atoms with Gasteiger partial charge < -0.3 is 9.64 Å².